The molecule has 8 heteroatoms. The fraction of sp³-hybridized carbons (Fsp3) is 0.318. The molecular formula is C22H23N5O2S. The predicted molar refractivity (Wildman–Crippen MR) is 117 cm³/mol. The molecule has 0 radical (unpaired) electrons. The molecule has 154 valence electrons. The van der Waals surface area contributed by atoms with Gasteiger partial charge in [0.1, 0.15) is 11.5 Å². The Balaban J connectivity index is 1.42. The van der Waals surface area contributed by atoms with Crippen molar-refractivity contribution in [2.24, 2.45) is 0 Å². The zero-order valence-electron chi connectivity index (χ0n) is 17.2. The van der Waals surface area contributed by atoms with Crippen molar-refractivity contribution in [1.29, 1.82) is 0 Å². The van der Waals surface area contributed by atoms with Gasteiger partial charge in [0.2, 0.25) is 0 Å². The van der Waals surface area contributed by atoms with Crippen LogP contribution in [0.15, 0.2) is 42.5 Å². The van der Waals surface area contributed by atoms with Gasteiger partial charge >= 0.3 is 0 Å². The van der Waals surface area contributed by atoms with Crippen molar-refractivity contribution in [2.75, 3.05) is 20.8 Å². The zero-order valence-corrected chi connectivity index (χ0v) is 18.0. The first-order valence-electron chi connectivity index (χ1n) is 9.92. The third kappa shape index (κ3) is 3.22. The summed E-state index contributed by atoms with van der Waals surface area (Å²) in [5, 5.41) is 9.96. The monoisotopic (exact) mass is 421 g/mol. The highest BCUT2D eigenvalue weighted by Gasteiger charge is 2.30. The van der Waals surface area contributed by atoms with E-state index in [1.165, 1.54) is 4.70 Å². The highest BCUT2D eigenvalue weighted by atomic mass is 32.1. The molecule has 1 aliphatic rings. The lowest BCUT2D eigenvalue weighted by Gasteiger charge is -2.33. The third-order valence-corrected chi connectivity index (χ3v) is 6.70. The van der Waals surface area contributed by atoms with Crippen LogP contribution in [0.1, 0.15) is 24.4 Å². The summed E-state index contributed by atoms with van der Waals surface area (Å²) in [4.78, 5) is 7.17. The Labute approximate surface area is 178 Å². The molecule has 0 aliphatic carbocycles. The Bertz CT molecular complexity index is 1170. The topological polar surface area (TPSA) is 65.3 Å². The predicted octanol–water partition coefficient (Wildman–Crippen LogP) is 4.15. The lowest BCUT2D eigenvalue weighted by atomic mass is 10.1. The first kappa shape index (κ1) is 19.0. The molecule has 1 aliphatic heterocycles. The number of aromatic nitrogens is 4. The Morgan fingerprint density at radius 3 is 2.73 bits per heavy atom. The van der Waals surface area contributed by atoms with E-state index in [4.69, 9.17) is 14.5 Å². The molecule has 0 amide bonds. The molecule has 0 bridgehead atoms. The van der Waals surface area contributed by atoms with Crippen LogP contribution in [0.25, 0.3) is 21.0 Å². The van der Waals surface area contributed by atoms with Crippen molar-refractivity contribution in [1.82, 2.24) is 24.6 Å². The molecule has 0 saturated heterocycles. The molecule has 0 fully saturated rings. The van der Waals surface area contributed by atoms with Crippen LogP contribution in [0, 0.1) is 0 Å². The van der Waals surface area contributed by atoms with Crippen LogP contribution in [0.5, 0.6) is 11.5 Å². The third-order valence-electron chi connectivity index (χ3n) is 5.66. The van der Waals surface area contributed by atoms with E-state index < -0.39 is 0 Å². The molecule has 1 atom stereocenters. The largest absolute Gasteiger partial charge is 0.497 e. The number of benzene rings is 2. The molecule has 0 saturated carbocycles. The number of rotatable bonds is 5. The molecule has 5 rings (SSSR count). The minimum atomic E-state index is 0.140. The molecular weight excluding hydrogens is 398 g/mol. The second-order valence-electron chi connectivity index (χ2n) is 7.34. The lowest BCUT2D eigenvalue weighted by Crippen LogP contribution is -2.36. The molecule has 30 heavy (non-hydrogen) atoms. The fourth-order valence-electron chi connectivity index (χ4n) is 3.97. The normalized spacial score (nSPS) is 16.6. The Hall–Kier alpha value is -2.97. The second-order valence-corrected chi connectivity index (χ2v) is 8.38. The van der Waals surface area contributed by atoms with Crippen molar-refractivity contribution < 1.29 is 9.47 Å². The van der Waals surface area contributed by atoms with E-state index in [-0.39, 0.29) is 6.04 Å². The first-order chi connectivity index (χ1) is 14.7. The summed E-state index contributed by atoms with van der Waals surface area (Å²) in [5.74, 6) is 3.47. The van der Waals surface area contributed by atoms with Crippen LogP contribution in [0.2, 0.25) is 0 Å². The molecule has 4 aromatic rings. The smallest absolute Gasteiger partial charge is 0.193 e. The van der Waals surface area contributed by atoms with E-state index in [1.807, 2.05) is 30.3 Å². The van der Waals surface area contributed by atoms with Crippen LogP contribution in [0.3, 0.4) is 0 Å². The Kier molecular flexibility index (Phi) is 4.88. The summed E-state index contributed by atoms with van der Waals surface area (Å²) in [6, 6.07) is 14.3. The summed E-state index contributed by atoms with van der Waals surface area (Å²) in [6.07, 6.45) is 0. The molecule has 2 aromatic carbocycles. The van der Waals surface area contributed by atoms with Gasteiger partial charge in [-0.15, -0.1) is 21.5 Å². The minimum Gasteiger partial charge on any atom is -0.497 e. The average molecular weight is 422 g/mol. The van der Waals surface area contributed by atoms with E-state index in [1.54, 1.807) is 25.6 Å². The van der Waals surface area contributed by atoms with Crippen molar-refractivity contribution in [3.63, 3.8) is 0 Å². The standard InChI is InChI=1S/C22H23N5O2S/c1-14-20-24-25-21(22-23-17-6-4-5-7-19(17)30-22)27(20)11-10-26(14)13-15-8-9-16(28-2)12-18(15)29-3/h4-9,12,14H,10-11,13H2,1-3H3/t14-/m1/s1. The maximum Gasteiger partial charge on any atom is 0.193 e. The number of methoxy groups -OCH3 is 2. The van der Waals surface area contributed by atoms with Gasteiger partial charge in [-0.3, -0.25) is 4.90 Å². The molecule has 2 aromatic heterocycles. The van der Waals surface area contributed by atoms with Crippen LogP contribution in [0.4, 0.5) is 0 Å². The van der Waals surface area contributed by atoms with Crippen LogP contribution >= 0.6 is 11.3 Å². The second kappa shape index (κ2) is 7.70. The molecule has 0 N–H and O–H groups in total. The molecule has 0 spiro atoms. The Morgan fingerprint density at radius 2 is 1.93 bits per heavy atom. The number of fused-ring (bicyclic) bond motifs is 2. The van der Waals surface area contributed by atoms with Gasteiger partial charge in [-0.05, 0) is 25.1 Å². The maximum absolute atomic E-state index is 5.58. The van der Waals surface area contributed by atoms with Crippen molar-refractivity contribution in [3.8, 4) is 22.3 Å². The highest BCUT2D eigenvalue weighted by molar-refractivity contribution is 7.21. The fourth-order valence-corrected chi connectivity index (χ4v) is 4.93. The molecule has 3 heterocycles. The summed E-state index contributed by atoms with van der Waals surface area (Å²) < 4.78 is 14.3. The van der Waals surface area contributed by atoms with Gasteiger partial charge in [-0.2, -0.15) is 0 Å². The number of ether oxygens (including phenoxy) is 2. The van der Waals surface area contributed by atoms with E-state index >= 15 is 0 Å². The van der Waals surface area contributed by atoms with E-state index in [0.29, 0.717) is 0 Å². The highest BCUT2D eigenvalue weighted by Crippen LogP contribution is 2.34. The van der Waals surface area contributed by atoms with Gasteiger partial charge in [0.05, 0.1) is 30.5 Å². The molecule has 0 unspecified atom stereocenters. The van der Waals surface area contributed by atoms with Gasteiger partial charge in [-0.25, -0.2) is 4.98 Å². The number of hydrogen-bond donors (Lipinski definition) is 0. The van der Waals surface area contributed by atoms with Crippen LogP contribution in [-0.2, 0) is 13.1 Å². The van der Waals surface area contributed by atoms with Crippen molar-refractivity contribution in [3.05, 3.63) is 53.9 Å². The number of hydrogen-bond acceptors (Lipinski definition) is 7. The summed E-state index contributed by atoms with van der Waals surface area (Å²) >= 11 is 1.66. The lowest BCUT2D eigenvalue weighted by molar-refractivity contribution is 0.155. The van der Waals surface area contributed by atoms with Crippen molar-refractivity contribution in [2.45, 2.75) is 26.1 Å². The first-order valence-corrected chi connectivity index (χ1v) is 10.7. The van der Waals surface area contributed by atoms with E-state index in [9.17, 15) is 0 Å². The van der Waals surface area contributed by atoms with Gasteiger partial charge in [0.25, 0.3) is 0 Å². The van der Waals surface area contributed by atoms with Gasteiger partial charge < -0.3 is 14.0 Å². The molecule has 7 nitrogen and oxygen atoms in total. The summed E-state index contributed by atoms with van der Waals surface area (Å²) in [5.41, 5.74) is 2.14. The number of thiazole rings is 1. The van der Waals surface area contributed by atoms with E-state index in [2.05, 4.69) is 38.7 Å². The maximum atomic E-state index is 5.58. The van der Waals surface area contributed by atoms with E-state index in [0.717, 1.165) is 58.9 Å². The van der Waals surface area contributed by atoms with Gasteiger partial charge in [0, 0.05) is 31.3 Å². The minimum absolute atomic E-state index is 0.140. The quantitative estimate of drug-likeness (QED) is 0.482. The van der Waals surface area contributed by atoms with Gasteiger partial charge in [0.15, 0.2) is 16.7 Å². The summed E-state index contributed by atoms with van der Waals surface area (Å²) in [6.45, 7) is 4.69. The Morgan fingerprint density at radius 1 is 1.07 bits per heavy atom. The van der Waals surface area contributed by atoms with Crippen LogP contribution in [-0.4, -0.2) is 45.4 Å². The average Bonchev–Trinajstić information content (AvgIpc) is 3.40. The van der Waals surface area contributed by atoms with Crippen LogP contribution < -0.4 is 9.47 Å². The number of nitrogens with zero attached hydrogens (tertiary/aromatic N) is 5. The summed E-state index contributed by atoms with van der Waals surface area (Å²) in [7, 11) is 3.36. The SMILES string of the molecule is COc1ccc(CN2CCn3c(-c4nc5ccccc5s4)nnc3[C@H]2C)c(OC)c1. The van der Waals surface area contributed by atoms with Crippen molar-refractivity contribution >= 4 is 21.6 Å². The zero-order chi connectivity index (χ0) is 20.7. The van der Waals surface area contributed by atoms with Gasteiger partial charge in [-0.1, -0.05) is 18.2 Å². The number of para-hydroxylation sites is 1.